The van der Waals surface area contributed by atoms with E-state index in [1.165, 1.54) is 0 Å². The molecule has 0 aromatic carbocycles. The van der Waals surface area contributed by atoms with E-state index in [4.69, 9.17) is 7.85 Å². The molecule has 0 spiro atoms. The number of rotatable bonds is 3. The zero-order valence-corrected chi connectivity index (χ0v) is 7.03. The molecule has 0 saturated heterocycles. The van der Waals surface area contributed by atoms with Gasteiger partial charge in [0.25, 0.3) is 0 Å². The van der Waals surface area contributed by atoms with Crippen molar-refractivity contribution in [1.29, 1.82) is 0 Å². The number of hydrogen-bond acceptors (Lipinski definition) is 2. The standard InChI is InChI=1S/C9H11BN2/c1-3-8(10)7-12-6-5-11-9(12)4-2/h3-4,7H,1-2,5-6H2/b8-7+. The maximum Gasteiger partial charge on any atom is 0.126 e. The van der Waals surface area contributed by atoms with E-state index in [-0.39, 0.29) is 0 Å². The van der Waals surface area contributed by atoms with Crippen LogP contribution in [-0.4, -0.2) is 31.7 Å². The Hall–Kier alpha value is -1.25. The van der Waals surface area contributed by atoms with Crippen LogP contribution in [0, 0.1) is 0 Å². The summed E-state index contributed by atoms with van der Waals surface area (Å²) in [5.74, 6) is 0.875. The Morgan fingerprint density at radius 3 is 2.92 bits per heavy atom. The van der Waals surface area contributed by atoms with Crippen LogP contribution in [0.5, 0.6) is 0 Å². The SMILES string of the molecule is [B]/C(C=C)=C/N1CCN=C1C=C. The molecule has 1 aliphatic heterocycles. The van der Waals surface area contributed by atoms with Gasteiger partial charge in [-0.1, -0.05) is 24.7 Å². The molecule has 2 radical (unpaired) electrons. The summed E-state index contributed by atoms with van der Waals surface area (Å²) in [6.07, 6.45) is 5.15. The van der Waals surface area contributed by atoms with E-state index in [1.54, 1.807) is 12.2 Å². The van der Waals surface area contributed by atoms with Gasteiger partial charge < -0.3 is 4.90 Å². The number of hydrogen-bond donors (Lipinski definition) is 0. The van der Waals surface area contributed by atoms with E-state index in [1.807, 2.05) is 11.1 Å². The minimum Gasteiger partial charge on any atom is -0.332 e. The highest BCUT2D eigenvalue weighted by atomic mass is 15.2. The van der Waals surface area contributed by atoms with Crippen molar-refractivity contribution < 1.29 is 0 Å². The second kappa shape index (κ2) is 3.95. The van der Waals surface area contributed by atoms with Gasteiger partial charge in [-0.05, 0) is 12.3 Å². The lowest BCUT2D eigenvalue weighted by atomic mass is 9.97. The lowest BCUT2D eigenvalue weighted by molar-refractivity contribution is 0.612. The molecular formula is C9H11BN2. The van der Waals surface area contributed by atoms with E-state index in [9.17, 15) is 0 Å². The topological polar surface area (TPSA) is 15.6 Å². The summed E-state index contributed by atoms with van der Waals surface area (Å²) in [6.45, 7) is 8.90. The first-order valence-electron chi connectivity index (χ1n) is 3.81. The second-order valence-corrected chi connectivity index (χ2v) is 2.47. The number of allylic oxidation sites excluding steroid dienone is 2. The molecule has 0 amide bonds. The molecule has 0 aromatic heterocycles. The molecule has 3 heteroatoms. The highest BCUT2D eigenvalue weighted by Gasteiger charge is 2.10. The molecule has 0 unspecified atom stereocenters. The second-order valence-electron chi connectivity index (χ2n) is 2.47. The molecule has 0 aromatic rings. The van der Waals surface area contributed by atoms with Crippen LogP contribution >= 0.6 is 0 Å². The Bertz CT molecular complexity index is 253. The fourth-order valence-corrected chi connectivity index (χ4v) is 1.02. The minimum absolute atomic E-state index is 0.645. The summed E-state index contributed by atoms with van der Waals surface area (Å²) in [7, 11) is 5.58. The van der Waals surface area contributed by atoms with Crippen molar-refractivity contribution in [3.05, 3.63) is 37.0 Å². The van der Waals surface area contributed by atoms with Gasteiger partial charge in [0.2, 0.25) is 0 Å². The van der Waals surface area contributed by atoms with Crippen molar-refractivity contribution in [2.75, 3.05) is 13.1 Å². The van der Waals surface area contributed by atoms with Crippen LogP contribution in [0.15, 0.2) is 42.0 Å². The van der Waals surface area contributed by atoms with E-state index < -0.39 is 0 Å². The summed E-state index contributed by atoms with van der Waals surface area (Å²) in [5, 5.41) is 0. The molecule has 1 aliphatic rings. The van der Waals surface area contributed by atoms with E-state index in [0.717, 1.165) is 18.9 Å². The monoisotopic (exact) mass is 158 g/mol. The molecule has 0 bridgehead atoms. The lowest BCUT2D eigenvalue weighted by Gasteiger charge is -2.13. The van der Waals surface area contributed by atoms with E-state index >= 15 is 0 Å². The number of aliphatic imine (C=N–C) groups is 1. The number of amidine groups is 1. The Morgan fingerprint density at radius 2 is 2.33 bits per heavy atom. The van der Waals surface area contributed by atoms with Crippen LogP contribution in [-0.2, 0) is 0 Å². The molecule has 0 atom stereocenters. The maximum atomic E-state index is 5.58. The summed E-state index contributed by atoms with van der Waals surface area (Å²) >= 11 is 0. The predicted octanol–water partition coefficient (Wildman–Crippen LogP) is 1.08. The summed E-state index contributed by atoms with van der Waals surface area (Å²) in [5.41, 5.74) is 0.645. The normalized spacial score (nSPS) is 17.5. The van der Waals surface area contributed by atoms with Crippen molar-refractivity contribution in [2.24, 2.45) is 4.99 Å². The van der Waals surface area contributed by atoms with Gasteiger partial charge in [0.15, 0.2) is 0 Å². The van der Waals surface area contributed by atoms with Crippen LogP contribution in [0.3, 0.4) is 0 Å². The summed E-state index contributed by atoms with van der Waals surface area (Å²) in [6, 6.07) is 0. The third-order valence-corrected chi connectivity index (χ3v) is 1.63. The molecule has 1 heterocycles. The van der Waals surface area contributed by atoms with Gasteiger partial charge in [-0.2, -0.15) is 0 Å². The lowest BCUT2D eigenvalue weighted by Crippen LogP contribution is -2.20. The average molecular weight is 158 g/mol. The van der Waals surface area contributed by atoms with Gasteiger partial charge in [-0.15, -0.1) is 0 Å². The molecule has 0 saturated carbocycles. The maximum absolute atomic E-state index is 5.58. The highest BCUT2D eigenvalue weighted by molar-refractivity contribution is 6.23. The largest absolute Gasteiger partial charge is 0.332 e. The molecule has 2 nitrogen and oxygen atoms in total. The van der Waals surface area contributed by atoms with Crippen molar-refractivity contribution in [3.63, 3.8) is 0 Å². The fraction of sp³-hybridized carbons (Fsp3) is 0.222. The average Bonchev–Trinajstić information content (AvgIpc) is 2.51. The molecule has 0 fully saturated rings. The Labute approximate surface area is 74.4 Å². The van der Waals surface area contributed by atoms with Crippen LogP contribution in [0.2, 0.25) is 0 Å². The summed E-state index contributed by atoms with van der Waals surface area (Å²) < 4.78 is 0. The van der Waals surface area contributed by atoms with Crippen molar-refractivity contribution in [1.82, 2.24) is 4.90 Å². The Kier molecular flexibility index (Phi) is 2.91. The first kappa shape index (κ1) is 8.85. The van der Waals surface area contributed by atoms with Gasteiger partial charge in [0.1, 0.15) is 13.7 Å². The first-order valence-corrected chi connectivity index (χ1v) is 3.81. The number of nitrogens with zero attached hydrogens (tertiary/aromatic N) is 2. The smallest absolute Gasteiger partial charge is 0.126 e. The fourth-order valence-electron chi connectivity index (χ4n) is 1.02. The van der Waals surface area contributed by atoms with Crippen molar-refractivity contribution in [3.8, 4) is 0 Å². The zero-order chi connectivity index (χ0) is 8.97. The zero-order valence-electron chi connectivity index (χ0n) is 7.03. The Balaban J connectivity index is 2.71. The summed E-state index contributed by atoms with van der Waals surface area (Å²) in [4.78, 5) is 6.18. The van der Waals surface area contributed by atoms with Crippen LogP contribution in [0.4, 0.5) is 0 Å². The molecule has 0 aliphatic carbocycles. The quantitative estimate of drug-likeness (QED) is 0.443. The van der Waals surface area contributed by atoms with Crippen LogP contribution in [0.1, 0.15) is 0 Å². The third kappa shape index (κ3) is 1.88. The first-order chi connectivity index (χ1) is 5.77. The van der Waals surface area contributed by atoms with Crippen LogP contribution in [0.25, 0.3) is 0 Å². The molecule has 1 rings (SSSR count). The van der Waals surface area contributed by atoms with E-state index in [0.29, 0.717) is 5.47 Å². The van der Waals surface area contributed by atoms with Crippen molar-refractivity contribution >= 4 is 13.7 Å². The van der Waals surface area contributed by atoms with Gasteiger partial charge in [0, 0.05) is 6.54 Å². The van der Waals surface area contributed by atoms with E-state index in [2.05, 4.69) is 18.2 Å². The van der Waals surface area contributed by atoms with Gasteiger partial charge in [-0.3, -0.25) is 4.99 Å². The molecule has 12 heavy (non-hydrogen) atoms. The highest BCUT2D eigenvalue weighted by Crippen LogP contribution is 2.05. The molecular weight excluding hydrogens is 147 g/mol. The van der Waals surface area contributed by atoms with Gasteiger partial charge in [0.05, 0.1) is 6.54 Å². The van der Waals surface area contributed by atoms with Gasteiger partial charge in [-0.25, -0.2) is 0 Å². The molecule has 60 valence electrons. The van der Waals surface area contributed by atoms with Crippen LogP contribution < -0.4 is 0 Å². The Morgan fingerprint density at radius 1 is 1.58 bits per heavy atom. The van der Waals surface area contributed by atoms with Crippen molar-refractivity contribution in [2.45, 2.75) is 0 Å². The minimum atomic E-state index is 0.645. The van der Waals surface area contributed by atoms with Gasteiger partial charge >= 0.3 is 0 Å². The predicted molar refractivity (Wildman–Crippen MR) is 53.2 cm³/mol. The molecule has 0 N–H and O–H groups in total. The third-order valence-electron chi connectivity index (χ3n) is 1.63.